The number of nitrogens with zero attached hydrogens (tertiary/aromatic N) is 3. The first-order valence-corrected chi connectivity index (χ1v) is 8.27. The summed E-state index contributed by atoms with van der Waals surface area (Å²) in [4.78, 5) is 21.0. The predicted molar refractivity (Wildman–Crippen MR) is 88.0 cm³/mol. The molecule has 0 radical (unpaired) electrons. The molecular weight excluding hydrogens is 282 g/mol. The Morgan fingerprint density at radius 3 is 2.62 bits per heavy atom. The molecule has 21 heavy (non-hydrogen) atoms. The Morgan fingerprint density at radius 1 is 1.24 bits per heavy atom. The Balaban J connectivity index is 1.72. The van der Waals surface area contributed by atoms with E-state index in [1.807, 2.05) is 18.7 Å². The SMILES string of the molecule is Cc1ccc2nc(N3CCN(C(=O)C(C)C)CC3)sc2c1. The molecule has 4 nitrogen and oxygen atoms in total. The number of benzene rings is 1. The fourth-order valence-electron chi connectivity index (χ4n) is 2.64. The van der Waals surface area contributed by atoms with Crippen molar-refractivity contribution in [2.45, 2.75) is 20.8 Å². The van der Waals surface area contributed by atoms with Gasteiger partial charge in [0.2, 0.25) is 5.91 Å². The van der Waals surface area contributed by atoms with Crippen LogP contribution in [0.2, 0.25) is 0 Å². The van der Waals surface area contributed by atoms with E-state index in [1.165, 1.54) is 10.3 Å². The maximum atomic E-state index is 12.0. The largest absolute Gasteiger partial charge is 0.345 e. The third-order valence-electron chi connectivity index (χ3n) is 3.89. The highest BCUT2D eigenvalue weighted by Gasteiger charge is 2.24. The van der Waals surface area contributed by atoms with Crippen molar-refractivity contribution >= 4 is 32.6 Å². The highest BCUT2D eigenvalue weighted by Crippen LogP contribution is 2.30. The molecule has 0 N–H and O–H groups in total. The molecule has 1 aliphatic rings. The number of aryl methyl sites for hydroxylation is 1. The van der Waals surface area contributed by atoms with Crippen LogP contribution in [0.5, 0.6) is 0 Å². The lowest BCUT2D eigenvalue weighted by Gasteiger charge is -2.35. The minimum Gasteiger partial charge on any atom is -0.345 e. The van der Waals surface area contributed by atoms with E-state index in [-0.39, 0.29) is 11.8 Å². The van der Waals surface area contributed by atoms with E-state index in [1.54, 1.807) is 11.3 Å². The summed E-state index contributed by atoms with van der Waals surface area (Å²) < 4.78 is 1.24. The first-order chi connectivity index (χ1) is 10.0. The molecular formula is C16H21N3OS. The number of hydrogen-bond acceptors (Lipinski definition) is 4. The van der Waals surface area contributed by atoms with Gasteiger partial charge in [0.15, 0.2) is 5.13 Å². The van der Waals surface area contributed by atoms with Crippen molar-refractivity contribution in [3.63, 3.8) is 0 Å². The van der Waals surface area contributed by atoms with Crippen LogP contribution in [0.1, 0.15) is 19.4 Å². The lowest BCUT2D eigenvalue weighted by Crippen LogP contribution is -2.49. The van der Waals surface area contributed by atoms with Crippen LogP contribution < -0.4 is 4.90 Å². The Bertz CT molecular complexity index is 657. The predicted octanol–water partition coefficient (Wildman–Crippen LogP) is 2.91. The van der Waals surface area contributed by atoms with Crippen molar-refractivity contribution in [3.8, 4) is 0 Å². The van der Waals surface area contributed by atoms with E-state index in [0.717, 1.165) is 36.8 Å². The van der Waals surface area contributed by atoms with Crippen molar-refractivity contribution < 1.29 is 4.79 Å². The summed E-state index contributed by atoms with van der Waals surface area (Å²) in [6, 6.07) is 6.38. The summed E-state index contributed by atoms with van der Waals surface area (Å²) >= 11 is 1.75. The first kappa shape index (κ1) is 14.3. The molecule has 2 aromatic rings. The number of rotatable bonds is 2. The van der Waals surface area contributed by atoms with Gasteiger partial charge in [-0.25, -0.2) is 4.98 Å². The maximum Gasteiger partial charge on any atom is 0.225 e. The lowest BCUT2D eigenvalue weighted by atomic mass is 10.1. The van der Waals surface area contributed by atoms with Crippen LogP contribution >= 0.6 is 11.3 Å². The molecule has 0 aliphatic carbocycles. The van der Waals surface area contributed by atoms with Gasteiger partial charge in [-0.1, -0.05) is 31.3 Å². The minimum atomic E-state index is 0.0852. The second-order valence-electron chi connectivity index (χ2n) is 5.93. The molecule has 1 amide bonds. The van der Waals surface area contributed by atoms with Gasteiger partial charge in [0.1, 0.15) is 0 Å². The molecule has 3 rings (SSSR count). The van der Waals surface area contributed by atoms with Crippen LogP contribution in [-0.4, -0.2) is 42.0 Å². The van der Waals surface area contributed by atoms with E-state index < -0.39 is 0 Å². The highest BCUT2D eigenvalue weighted by atomic mass is 32.1. The number of carbonyl (C=O) groups excluding carboxylic acids is 1. The smallest absolute Gasteiger partial charge is 0.225 e. The van der Waals surface area contributed by atoms with Crippen LogP contribution in [-0.2, 0) is 4.79 Å². The Hall–Kier alpha value is -1.62. The maximum absolute atomic E-state index is 12.0. The van der Waals surface area contributed by atoms with Gasteiger partial charge in [0.25, 0.3) is 0 Å². The average Bonchev–Trinajstić information content (AvgIpc) is 2.89. The van der Waals surface area contributed by atoms with Crippen molar-refractivity contribution in [3.05, 3.63) is 23.8 Å². The number of thiazole rings is 1. The number of aromatic nitrogens is 1. The van der Waals surface area contributed by atoms with Gasteiger partial charge in [0.05, 0.1) is 10.2 Å². The van der Waals surface area contributed by atoms with Crippen molar-refractivity contribution in [1.29, 1.82) is 0 Å². The molecule has 0 saturated carbocycles. The van der Waals surface area contributed by atoms with Crippen molar-refractivity contribution in [1.82, 2.24) is 9.88 Å². The molecule has 0 spiro atoms. The summed E-state index contributed by atoms with van der Waals surface area (Å²) in [5, 5.41) is 1.08. The molecule has 112 valence electrons. The number of fused-ring (bicyclic) bond motifs is 1. The van der Waals surface area contributed by atoms with E-state index in [9.17, 15) is 4.79 Å². The van der Waals surface area contributed by atoms with E-state index >= 15 is 0 Å². The third-order valence-corrected chi connectivity index (χ3v) is 4.97. The summed E-state index contributed by atoms with van der Waals surface area (Å²) in [7, 11) is 0. The van der Waals surface area contributed by atoms with Crippen LogP contribution in [0, 0.1) is 12.8 Å². The third kappa shape index (κ3) is 2.88. The first-order valence-electron chi connectivity index (χ1n) is 7.45. The molecule has 1 aromatic carbocycles. The molecule has 1 saturated heterocycles. The lowest BCUT2D eigenvalue weighted by molar-refractivity contribution is -0.134. The topological polar surface area (TPSA) is 36.4 Å². The highest BCUT2D eigenvalue weighted by molar-refractivity contribution is 7.22. The van der Waals surface area contributed by atoms with Gasteiger partial charge in [0, 0.05) is 32.1 Å². The molecule has 0 bridgehead atoms. The summed E-state index contributed by atoms with van der Waals surface area (Å²) in [5.41, 5.74) is 2.34. The van der Waals surface area contributed by atoms with Gasteiger partial charge in [-0.05, 0) is 24.6 Å². The van der Waals surface area contributed by atoms with E-state index in [2.05, 4.69) is 30.0 Å². The van der Waals surface area contributed by atoms with Crippen LogP contribution in [0.4, 0.5) is 5.13 Å². The molecule has 5 heteroatoms. The number of amides is 1. The Morgan fingerprint density at radius 2 is 1.95 bits per heavy atom. The quantitative estimate of drug-likeness (QED) is 0.856. The monoisotopic (exact) mass is 303 g/mol. The fourth-order valence-corrected chi connectivity index (χ4v) is 3.75. The van der Waals surface area contributed by atoms with E-state index in [4.69, 9.17) is 4.98 Å². The van der Waals surface area contributed by atoms with Crippen LogP contribution in [0.3, 0.4) is 0 Å². The Labute approximate surface area is 129 Å². The van der Waals surface area contributed by atoms with Crippen molar-refractivity contribution in [2.24, 2.45) is 5.92 Å². The summed E-state index contributed by atoms with van der Waals surface area (Å²) in [5.74, 6) is 0.344. The number of piperazine rings is 1. The van der Waals surface area contributed by atoms with Gasteiger partial charge in [-0.2, -0.15) is 0 Å². The normalized spacial score (nSPS) is 16.0. The second kappa shape index (κ2) is 5.64. The van der Waals surface area contributed by atoms with Gasteiger partial charge >= 0.3 is 0 Å². The molecule has 2 heterocycles. The van der Waals surface area contributed by atoms with Gasteiger partial charge in [-0.3, -0.25) is 4.79 Å². The average molecular weight is 303 g/mol. The Kier molecular flexibility index (Phi) is 3.85. The zero-order valence-electron chi connectivity index (χ0n) is 12.8. The van der Waals surface area contributed by atoms with Gasteiger partial charge in [-0.15, -0.1) is 0 Å². The zero-order chi connectivity index (χ0) is 15.0. The molecule has 0 unspecified atom stereocenters. The number of hydrogen-bond donors (Lipinski definition) is 0. The van der Waals surface area contributed by atoms with E-state index in [0.29, 0.717) is 0 Å². The second-order valence-corrected chi connectivity index (χ2v) is 6.94. The zero-order valence-corrected chi connectivity index (χ0v) is 13.6. The fraction of sp³-hybridized carbons (Fsp3) is 0.500. The minimum absolute atomic E-state index is 0.0852. The van der Waals surface area contributed by atoms with Crippen molar-refractivity contribution in [2.75, 3.05) is 31.1 Å². The van der Waals surface area contributed by atoms with Gasteiger partial charge < -0.3 is 9.80 Å². The molecule has 1 aliphatic heterocycles. The van der Waals surface area contributed by atoms with Crippen LogP contribution in [0.15, 0.2) is 18.2 Å². The summed E-state index contributed by atoms with van der Waals surface area (Å²) in [6.45, 7) is 9.37. The number of anilines is 1. The molecule has 0 atom stereocenters. The standard InChI is InChI=1S/C16H21N3OS/c1-11(2)15(20)18-6-8-19(9-7-18)16-17-13-5-4-12(3)10-14(13)21-16/h4-5,10-11H,6-9H2,1-3H3. The number of carbonyl (C=O) groups is 1. The molecule has 1 aromatic heterocycles. The summed E-state index contributed by atoms with van der Waals surface area (Å²) in [6.07, 6.45) is 0. The molecule has 1 fully saturated rings. The van der Waals surface area contributed by atoms with Crippen LogP contribution in [0.25, 0.3) is 10.2 Å².